The number of hydrogen-bond donors (Lipinski definition) is 0. The minimum Gasteiger partial charge on any atom is -0.457 e. The molecule has 0 radical (unpaired) electrons. The van der Waals surface area contributed by atoms with Gasteiger partial charge in [-0.1, -0.05) is 26.7 Å². The maximum atomic E-state index is 12.2. The molecule has 0 fully saturated rings. The van der Waals surface area contributed by atoms with E-state index < -0.39 is 23.9 Å². The second kappa shape index (κ2) is 21.8. The van der Waals surface area contributed by atoms with Crippen LogP contribution in [0.4, 0.5) is 0 Å². The van der Waals surface area contributed by atoms with Crippen LogP contribution < -0.4 is 0 Å². The highest BCUT2D eigenvalue weighted by atomic mass is 16.9. The van der Waals surface area contributed by atoms with E-state index in [1.807, 2.05) is 27.7 Å². The lowest BCUT2D eigenvalue weighted by Crippen LogP contribution is -2.45. The predicted molar refractivity (Wildman–Crippen MR) is 134 cm³/mol. The topological polar surface area (TPSA) is 108 Å². The Morgan fingerprint density at radius 1 is 0.500 bits per heavy atom. The van der Waals surface area contributed by atoms with Crippen molar-refractivity contribution in [2.45, 2.75) is 105 Å². The molecule has 0 aliphatic carbocycles. The van der Waals surface area contributed by atoms with Crippen molar-refractivity contribution in [3.63, 3.8) is 0 Å². The van der Waals surface area contributed by atoms with E-state index in [4.69, 9.17) is 37.9 Å². The van der Waals surface area contributed by atoms with Crippen LogP contribution in [0.5, 0.6) is 0 Å². The molecule has 0 bridgehead atoms. The smallest absolute Gasteiger partial charge is 0.319 e. The molecule has 0 N–H and O–H groups in total. The summed E-state index contributed by atoms with van der Waals surface area (Å²) in [5, 5.41) is 0. The molecule has 0 atom stereocenters. The van der Waals surface area contributed by atoms with Crippen molar-refractivity contribution in [3.05, 3.63) is 0 Å². The summed E-state index contributed by atoms with van der Waals surface area (Å²) in [6, 6.07) is 0. The van der Waals surface area contributed by atoms with Crippen LogP contribution in [-0.2, 0) is 47.5 Å². The van der Waals surface area contributed by atoms with Gasteiger partial charge < -0.3 is 37.9 Å². The number of rotatable bonds is 25. The van der Waals surface area contributed by atoms with E-state index in [9.17, 15) is 9.59 Å². The average Bonchev–Trinajstić information content (AvgIpc) is 2.85. The minimum absolute atomic E-state index is 0.151. The fraction of sp³-hybridized carbons (Fsp3) is 0.923. The van der Waals surface area contributed by atoms with Crippen LogP contribution >= 0.6 is 0 Å². The Morgan fingerprint density at radius 3 is 1.11 bits per heavy atom. The molecule has 0 aromatic heterocycles. The lowest BCUT2D eigenvalue weighted by Gasteiger charge is -2.32. The average molecular weight is 523 g/mol. The summed E-state index contributed by atoms with van der Waals surface area (Å²) in [5.41, 5.74) is 0. The second-order valence-electron chi connectivity index (χ2n) is 8.03. The van der Waals surface area contributed by atoms with E-state index in [0.717, 1.165) is 25.7 Å². The van der Waals surface area contributed by atoms with Gasteiger partial charge in [0.05, 0.1) is 13.2 Å². The Bertz CT molecular complexity index is 495. The van der Waals surface area contributed by atoms with Gasteiger partial charge in [-0.15, -0.1) is 0 Å². The largest absolute Gasteiger partial charge is 0.457 e. The standard InChI is InChI=1S/C26H50O10/c1-7-13-19-35-25(31-9-3,32-10-4)21-29-23(27)17-15-16-18-24(28)30-22-26(33-11-5,34-12-6)36-20-14-8-2/h7-22H2,1-6H3. The number of carbonyl (C=O) groups excluding carboxylic acids is 2. The van der Waals surface area contributed by atoms with Gasteiger partial charge in [0.2, 0.25) is 0 Å². The van der Waals surface area contributed by atoms with Gasteiger partial charge in [-0.25, -0.2) is 0 Å². The van der Waals surface area contributed by atoms with Crippen LogP contribution in [0.15, 0.2) is 0 Å². The van der Waals surface area contributed by atoms with Gasteiger partial charge in [-0.3, -0.25) is 9.59 Å². The van der Waals surface area contributed by atoms with E-state index in [2.05, 4.69) is 13.8 Å². The van der Waals surface area contributed by atoms with Crippen molar-refractivity contribution in [1.29, 1.82) is 0 Å². The second-order valence-corrected chi connectivity index (χ2v) is 8.03. The normalized spacial score (nSPS) is 12.1. The Labute approximate surface area is 217 Å². The van der Waals surface area contributed by atoms with Crippen LogP contribution in [0.25, 0.3) is 0 Å². The molecule has 0 unspecified atom stereocenters. The fourth-order valence-electron chi connectivity index (χ4n) is 3.14. The first-order chi connectivity index (χ1) is 17.4. The van der Waals surface area contributed by atoms with Crippen molar-refractivity contribution in [2.24, 2.45) is 0 Å². The summed E-state index contributed by atoms with van der Waals surface area (Å²) in [5.74, 6) is -3.62. The summed E-state index contributed by atoms with van der Waals surface area (Å²) in [4.78, 5) is 24.5. The molecule has 0 saturated carbocycles. The molecule has 0 aromatic carbocycles. The summed E-state index contributed by atoms with van der Waals surface area (Å²) in [6.07, 6.45) is 4.84. The first-order valence-corrected chi connectivity index (χ1v) is 13.5. The van der Waals surface area contributed by atoms with Crippen LogP contribution in [0.1, 0.15) is 92.9 Å². The molecule has 36 heavy (non-hydrogen) atoms. The van der Waals surface area contributed by atoms with Gasteiger partial charge in [0.25, 0.3) is 0 Å². The highest BCUT2D eigenvalue weighted by molar-refractivity contribution is 5.70. The number of carbonyl (C=O) groups is 2. The summed E-state index contributed by atoms with van der Waals surface area (Å²) < 4.78 is 44.8. The molecule has 0 heterocycles. The van der Waals surface area contributed by atoms with Crippen LogP contribution in [0, 0.1) is 0 Å². The number of ether oxygens (including phenoxy) is 8. The van der Waals surface area contributed by atoms with E-state index >= 15 is 0 Å². The van der Waals surface area contributed by atoms with Crippen molar-refractivity contribution in [2.75, 3.05) is 52.9 Å². The molecule has 0 rings (SSSR count). The third kappa shape index (κ3) is 15.7. The van der Waals surface area contributed by atoms with Crippen LogP contribution in [0.2, 0.25) is 0 Å². The van der Waals surface area contributed by atoms with E-state index in [1.54, 1.807) is 0 Å². The zero-order chi connectivity index (χ0) is 27.1. The molecular formula is C26H50O10. The molecule has 0 aliphatic rings. The highest BCUT2D eigenvalue weighted by Gasteiger charge is 2.36. The third-order valence-corrected chi connectivity index (χ3v) is 4.93. The number of esters is 2. The van der Waals surface area contributed by atoms with E-state index in [1.165, 1.54) is 0 Å². The molecule has 0 spiro atoms. The quantitative estimate of drug-likeness (QED) is 0.0949. The van der Waals surface area contributed by atoms with Crippen molar-refractivity contribution in [1.82, 2.24) is 0 Å². The Morgan fingerprint density at radius 2 is 0.833 bits per heavy atom. The Balaban J connectivity index is 4.50. The fourth-order valence-corrected chi connectivity index (χ4v) is 3.14. The Hall–Kier alpha value is -1.30. The minimum atomic E-state index is -1.40. The number of unbranched alkanes of at least 4 members (excludes halogenated alkanes) is 3. The molecule has 10 heteroatoms. The van der Waals surface area contributed by atoms with Gasteiger partial charge in [0.1, 0.15) is 0 Å². The maximum absolute atomic E-state index is 12.2. The maximum Gasteiger partial charge on any atom is 0.319 e. The lowest BCUT2D eigenvalue weighted by molar-refractivity contribution is -0.389. The zero-order valence-corrected chi connectivity index (χ0v) is 23.4. The first-order valence-electron chi connectivity index (χ1n) is 13.5. The number of hydrogen-bond acceptors (Lipinski definition) is 10. The van der Waals surface area contributed by atoms with Crippen LogP contribution in [0.3, 0.4) is 0 Å². The molecule has 0 amide bonds. The van der Waals surface area contributed by atoms with Gasteiger partial charge in [-0.2, -0.15) is 0 Å². The van der Waals surface area contributed by atoms with Gasteiger partial charge in [-0.05, 0) is 53.4 Å². The van der Waals surface area contributed by atoms with Gasteiger partial charge >= 0.3 is 23.9 Å². The molecule has 0 saturated heterocycles. The van der Waals surface area contributed by atoms with E-state index in [0.29, 0.717) is 52.5 Å². The lowest BCUT2D eigenvalue weighted by atomic mass is 10.2. The molecule has 0 aliphatic heterocycles. The first kappa shape index (κ1) is 34.7. The predicted octanol–water partition coefficient (Wildman–Crippen LogP) is 4.72. The Kier molecular flexibility index (Phi) is 21.0. The highest BCUT2D eigenvalue weighted by Crippen LogP contribution is 2.19. The van der Waals surface area contributed by atoms with Crippen LogP contribution in [-0.4, -0.2) is 76.7 Å². The monoisotopic (exact) mass is 522 g/mol. The van der Waals surface area contributed by atoms with Gasteiger partial charge in [0.15, 0.2) is 13.2 Å². The third-order valence-electron chi connectivity index (χ3n) is 4.93. The van der Waals surface area contributed by atoms with Gasteiger partial charge in [0, 0.05) is 39.3 Å². The summed E-state index contributed by atoms with van der Waals surface area (Å²) in [7, 11) is 0. The zero-order valence-electron chi connectivity index (χ0n) is 23.4. The van der Waals surface area contributed by atoms with Crippen molar-refractivity contribution >= 4 is 11.9 Å². The van der Waals surface area contributed by atoms with Crippen molar-refractivity contribution in [3.8, 4) is 0 Å². The molecule has 0 aromatic rings. The summed E-state index contributed by atoms with van der Waals surface area (Å²) >= 11 is 0. The SMILES string of the molecule is CCCCOC(COC(=O)CCCCC(=O)OCC(OCC)(OCC)OCCCC)(OCC)OCC. The molecule has 10 nitrogen and oxygen atoms in total. The summed E-state index contributed by atoms with van der Waals surface area (Å²) in [6.45, 7) is 13.4. The van der Waals surface area contributed by atoms with E-state index in [-0.39, 0.29) is 26.1 Å². The van der Waals surface area contributed by atoms with Crippen molar-refractivity contribution < 1.29 is 47.5 Å². The molecular weight excluding hydrogens is 472 g/mol. The molecule has 214 valence electrons.